The molecule has 2 aliphatic carbocycles. The maximum absolute atomic E-state index is 12.8. The summed E-state index contributed by atoms with van der Waals surface area (Å²) in [5.74, 6) is -1.71. The van der Waals surface area contributed by atoms with Gasteiger partial charge in [-0.25, -0.2) is 33.7 Å². The highest BCUT2D eigenvalue weighted by atomic mass is 32.2. The fraction of sp³-hybridized carbons (Fsp3) is 0.758. The Bertz CT molecular complexity index is 3570. The topological polar surface area (TPSA) is 366 Å². The third kappa shape index (κ3) is 21.0. The fourth-order valence-electron chi connectivity index (χ4n) is 9.94. The van der Waals surface area contributed by atoms with Crippen LogP contribution in [0.5, 0.6) is 0 Å². The van der Waals surface area contributed by atoms with Gasteiger partial charge in [0.15, 0.2) is 39.3 Å². The van der Waals surface area contributed by atoms with E-state index in [1.54, 1.807) is 38.1 Å². The van der Waals surface area contributed by atoms with E-state index in [4.69, 9.17) is 22.8 Å². The van der Waals surface area contributed by atoms with E-state index in [1.165, 1.54) is 61.8 Å². The van der Waals surface area contributed by atoms with Gasteiger partial charge < -0.3 is 22.8 Å². The van der Waals surface area contributed by atoms with Gasteiger partial charge in [-0.3, -0.25) is 40.4 Å². The third-order valence-corrected chi connectivity index (χ3v) is 29.1. The van der Waals surface area contributed by atoms with Crippen molar-refractivity contribution in [2.24, 2.45) is 5.92 Å². The van der Waals surface area contributed by atoms with Crippen LogP contribution in [-0.4, -0.2) is 132 Å². The molecule has 2 unspecified atom stereocenters. The van der Waals surface area contributed by atoms with Gasteiger partial charge >= 0.3 is 0 Å². The summed E-state index contributed by atoms with van der Waals surface area (Å²) in [5.41, 5.74) is 1.89. The fourth-order valence-corrected chi connectivity index (χ4v) is 17.0. The molecular weight excluding hydrogens is 1310 g/mol. The summed E-state index contributed by atoms with van der Waals surface area (Å²) in [6.07, 6.45) is 10.9. The van der Waals surface area contributed by atoms with Crippen LogP contribution < -0.4 is 21.3 Å². The lowest BCUT2D eigenvalue weighted by molar-refractivity contribution is -0.118. The number of carbonyl (C=O) groups excluding carboxylic acids is 4. The van der Waals surface area contributed by atoms with Gasteiger partial charge in [-0.05, 0) is 120 Å². The molecule has 5 heterocycles. The zero-order valence-electron chi connectivity index (χ0n) is 60.3. The molecule has 4 N–H and O–H groups in total. The first-order chi connectivity index (χ1) is 43.2. The van der Waals surface area contributed by atoms with Gasteiger partial charge in [-0.1, -0.05) is 143 Å². The van der Waals surface area contributed by atoms with Crippen LogP contribution >= 0.6 is 0 Å². The van der Waals surface area contributed by atoms with Crippen molar-refractivity contribution in [1.29, 1.82) is 0 Å². The average molecular weight is 1420 g/mol. The number of rotatable bonds is 19. The number of nitrogens with zero attached hydrogens (tertiary/aromatic N) is 4. The second-order valence-corrected chi connectivity index (χ2v) is 42.3. The minimum Gasteiger partial charge on any atom is -0.377 e. The maximum atomic E-state index is 12.8. The molecule has 29 heteroatoms. The maximum Gasteiger partial charge on any atom is 0.247 e. The van der Waals surface area contributed by atoms with Gasteiger partial charge in [-0.15, -0.1) is 0 Å². The van der Waals surface area contributed by atoms with Gasteiger partial charge in [0.1, 0.15) is 19.0 Å². The molecule has 0 spiro atoms. The summed E-state index contributed by atoms with van der Waals surface area (Å²) in [6, 6.07) is 6.51. The highest BCUT2D eigenvalue weighted by Gasteiger charge is 2.49. The molecule has 95 heavy (non-hydrogen) atoms. The summed E-state index contributed by atoms with van der Waals surface area (Å²) in [4.78, 5) is 50.1. The minimum atomic E-state index is -3.70. The average Bonchev–Trinajstić information content (AvgIpc) is 1.78. The smallest absolute Gasteiger partial charge is 0.247 e. The van der Waals surface area contributed by atoms with Crippen molar-refractivity contribution in [2.45, 2.75) is 293 Å². The van der Waals surface area contributed by atoms with Crippen molar-refractivity contribution in [3.05, 3.63) is 47.0 Å². The monoisotopic (exact) mass is 1410 g/mol. The molecule has 0 bridgehead atoms. The Morgan fingerprint density at radius 2 is 0.737 bits per heavy atom. The Hall–Kier alpha value is -5.52. The summed E-state index contributed by atoms with van der Waals surface area (Å²) in [6.45, 7) is 39.1. The number of ether oxygens (including phenoxy) is 1. The first kappa shape index (κ1) is 81.9. The van der Waals surface area contributed by atoms with E-state index in [-0.39, 0.29) is 68.7 Å². The predicted molar refractivity (Wildman–Crippen MR) is 369 cm³/mol. The van der Waals surface area contributed by atoms with Crippen molar-refractivity contribution >= 4 is 86.5 Å². The van der Waals surface area contributed by atoms with E-state index >= 15 is 0 Å². The Labute approximate surface area is 565 Å². The van der Waals surface area contributed by atoms with Gasteiger partial charge in [0.2, 0.25) is 47.2 Å². The van der Waals surface area contributed by atoms with Gasteiger partial charge in [0.25, 0.3) is 0 Å². The van der Waals surface area contributed by atoms with Crippen LogP contribution in [0.4, 0.5) is 23.5 Å². The van der Waals surface area contributed by atoms with E-state index < -0.39 is 92.5 Å². The van der Waals surface area contributed by atoms with E-state index in [1.807, 2.05) is 83.1 Å². The molecule has 0 aromatic carbocycles. The molecule has 25 nitrogen and oxygen atoms in total. The number of sulfone groups is 4. The Balaban J connectivity index is 0.000000270. The molecule has 4 amide bonds. The minimum absolute atomic E-state index is 0.0665. The van der Waals surface area contributed by atoms with Crippen LogP contribution in [0.15, 0.2) is 42.4 Å². The molecular formula is C66H110N8O17S4. The van der Waals surface area contributed by atoms with Crippen LogP contribution in [0.3, 0.4) is 0 Å². The molecule has 0 radical (unpaired) electrons. The SMILES string of the molecule is CC(C)(C)c1cc(NC(=O)C(C)(C)S(=O)(=O)C2CCCC2)on1.CC(C)(C)c1cc(NC(=O)C(C)(C)S(=O)(=O)CC2CCCCC2)on1.CC(C)(C)c1cc(NC(=O)C(C)(C)S(=O)(=O)CC2CCCCO2)on1.CCC(C)S(=O)(=O)C(C)(C)C(=O)Nc1cc(C(C)(C)C)no1. The number of amides is 4. The molecule has 1 saturated heterocycles. The van der Waals surface area contributed by atoms with Crippen LogP contribution in [0.1, 0.15) is 259 Å². The molecule has 4 aromatic rings. The molecule has 2 saturated carbocycles. The van der Waals surface area contributed by atoms with Gasteiger partial charge in [0, 0.05) is 52.5 Å². The summed E-state index contributed by atoms with van der Waals surface area (Å²) in [7, 11) is -14.4. The Morgan fingerprint density at radius 1 is 0.432 bits per heavy atom. The van der Waals surface area contributed by atoms with Crippen LogP contribution in [0.25, 0.3) is 0 Å². The van der Waals surface area contributed by atoms with Crippen molar-refractivity contribution < 1.29 is 75.7 Å². The number of hydrogen-bond donors (Lipinski definition) is 4. The molecule has 7 rings (SSSR count). The zero-order chi connectivity index (χ0) is 72.6. The Kier molecular flexibility index (Phi) is 26.8. The van der Waals surface area contributed by atoms with Crippen molar-refractivity contribution in [3.8, 4) is 0 Å². The van der Waals surface area contributed by atoms with Gasteiger partial charge in [-0.2, -0.15) is 0 Å². The number of nitrogens with one attached hydrogen (secondary N) is 4. The third-order valence-electron chi connectivity index (χ3n) is 17.9. The van der Waals surface area contributed by atoms with Crippen molar-refractivity contribution in [2.75, 3.05) is 39.4 Å². The number of carbonyl (C=O) groups is 4. The normalized spacial score (nSPS) is 17.4. The standard InChI is InChI=1S/C18H30N2O4S.C17H28N2O5S.C16H26N2O4S.C15H26N2O4S/c1-17(2,3)14-11-15(24-20-14)19-16(21)18(4,5)25(22,23)12-13-9-7-6-8-10-13;1-16(2,3)13-10-14(24-19-13)18-15(20)17(4,5)25(21,22)11-12-8-6-7-9-23-12;1-15(2,3)12-10-13(22-18-12)17-14(19)16(4,5)23(20,21)11-8-6-7-9-11;1-8-10(2)22(19,20)15(6,7)13(18)16-12-9-11(17-21-12)14(3,4)5/h11,13H,6-10,12H2,1-5H3,(H,19,21);10,12H,6-9,11H2,1-5H3,(H,18,20);10-11H,6-9H2,1-5H3,(H,17,19);9-10H,8H2,1-7H3,(H,16,18). The van der Waals surface area contributed by atoms with Crippen LogP contribution in [-0.2, 0) is 84.9 Å². The quantitative estimate of drug-likeness (QED) is 0.0677. The molecule has 4 aromatic heterocycles. The second kappa shape index (κ2) is 31.1. The summed E-state index contributed by atoms with van der Waals surface area (Å²) in [5, 5.41) is 24.8. The van der Waals surface area contributed by atoms with E-state index in [0.717, 1.165) is 51.4 Å². The van der Waals surface area contributed by atoms with Crippen molar-refractivity contribution in [3.63, 3.8) is 0 Å². The van der Waals surface area contributed by atoms with E-state index in [0.29, 0.717) is 55.1 Å². The molecule has 2 atom stereocenters. The number of anilines is 4. The highest BCUT2D eigenvalue weighted by molar-refractivity contribution is 7.94. The first-order valence-electron chi connectivity index (χ1n) is 32.8. The van der Waals surface area contributed by atoms with E-state index in [2.05, 4.69) is 41.9 Å². The highest BCUT2D eigenvalue weighted by Crippen LogP contribution is 2.36. The first-order valence-corrected chi connectivity index (χ1v) is 39.2. The largest absolute Gasteiger partial charge is 0.377 e. The van der Waals surface area contributed by atoms with Crippen molar-refractivity contribution in [1.82, 2.24) is 20.6 Å². The summed E-state index contributed by atoms with van der Waals surface area (Å²) >= 11 is 0. The second-order valence-electron chi connectivity index (χ2n) is 31.4. The summed E-state index contributed by atoms with van der Waals surface area (Å²) < 4.78 is 121. The lowest BCUT2D eigenvalue weighted by atomic mass is 9.91. The number of hydrogen-bond acceptors (Lipinski definition) is 21. The van der Waals surface area contributed by atoms with Gasteiger partial charge in [0.05, 0.1) is 50.9 Å². The molecule has 1 aliphatic heterocycles. The van der Waals surface area contributed by atoms with E-state index in [9.17, 15) is 52.8 Å². The van der Waals surface area contributed by atoms with Crippen LogP contribution in [0.2, 0.25) is 0 Å². The predicted octanol–water partition coefficient (Wildman–Crippen LogP) is 12.3. The van der Waals surface area contributed by atoms with Crippen LogP contribution in [0, 0.1) is 5.92 Å². The lowest BCUT2D eigenvalue weighted by Gasteiger charge is -2.28. The number of aromatic nitrogens is 4. The zero-order valence-corrected chi connectivity index (χ0v) is 63.6. The lowest BCUT2D eigenvalue weighted by Crippen LogP contribution is -2.48. The molecule has 3 aliphatic rings. The Morgan fingerprint density at radius 3 is 1.04 bits per heavy atom. The molecule has 540 valence electrons. The molecule has 3 fully saturated rings.